The van der Waals surface area contributed by atoms with Crippen LogP contribution in [0.2, 0.25) is 0 Å². The van der Waals surface area contributed by atoms with E-state index in [1.165, 1.54) is 5.56 Å². The second-order valence-electron chi connectivity index (χ2n) is 6.61. The molecule has 0 radical (unpaired) electrons. The largest absolute Gasteiger partial charge is 0.497 e. The summed E-state index contributed by atoms with van der Waals surface area (Å²) in [6.45, 7) is 4.75. The summed E-state index contributed by atoms with van der Waals surface area (Å²) in [6.07, 6.45) is 2.75. The molecule has 6 heteroatoms. The van der Waals surface area contributed by atoms with Gasteiger partial charge in [-0.2, -0.15) is 4.98 Å². The average Bonchev–Trinajstić information content (AvgIpc) is 2.70. The number of ether oxygens (including phenoxy) is 2. The van der Waals surface area contributed by atoms with Crippen LogP contribution in [0, 0.1) is 0 Å². The molecule has 0 bridgehead atoms. The fourth-order valence-electron chi connectivity index (χ4n) is 2.70. The lowest BCUT2D eigenvalue weighted by Crippen LogP contribution is -2.08. The minimum absolute atomic E-state index is 0.159. The van der Waals surface area contributed by atoms with Crippen LogP contribution in [0.4, 0.5) is 17.5 Å². The first-order valence-electron chi connectivity index (χ1n) is 9.36. The lowest BCUT2D eigenvalue weighted by atomic mass is 10.1. The Labute approximate surface area is 166 Å². The maximum atomic E-state index is 5.66. The van der Waals surface area contributed by atoms with E-state index in [0.717, 1.165) is 36.0 Å². The van der Waals surface area contributed by atoms with E-state index in [1.54, 1.807) is 13.3 Å². The van der Waals surface area contributed by atoms with E-state index in [4.69, 9.17) is 9.47 Å². The number of rotatable bonds is 9. The van der Waals surface area contributed by atoms with E-state index in [9.17, 15) is 0 Å². The lowest BCUT2D eigenvalue weighted by molar-refractivity contribution is 0.242. The molecule has 0 spiro atoms. The van der Waals surface area contributed by atoms with Crippen LogP contribution in [0.25, 0.3) is 0 Å². The van der Waals surface area contributed by atoms with Gasteiger partial charge in [0.05, 0.1) is 13.2 Å². The van der Waals surface area contributed by atoms with E-state index in [-0.39, 0.29) is 6.10 Å². The van der Waals surface area contributed by atoms with Crippen LogP contribution in [-0.2, 0) is 6.42 Å². The van der Waals surface area contributed by atoms with E-state index in [1.807, 2.05) is 62.4 Å². The van der Waals surface area contributed by atoms with Gasteiger partial charge in [0.15, 0.2) is 0 Å². The molecule has 0 aliphatic heterocycles. The molecular formula is C22H26N4O2. The van der Waals surface area contributed by atoms with Gasteiger partial charge in [0.25, 0.3) is 0 Å². The molecular weight excluding hydrogens is 352 g/mol. The van der Waals surface area contributed by atoms with Crippen molar-refractivity contribution in [3.8, 4) is 11.5 Å². The predicted molar refractivity (Wildman–Crippen MR) is 113 cm³/mol. The number of aromatic nitrogens is 2. The van der Waals surface area contributed by atoms with Gasteiger partial charge in [-0.3, -0.25) is 0 Å². The number of anilines is 3. The van der Waals surface area contributed by atoms with Gasteiger partial charge < -0.3 is 20.1 Å². The molecule has 0 fully saturated rings. The highest BCUT2D eigenvalue weighted by Crippen LogP contribution is 2.20. The van der Waals surface area contributed by atoms with Crippen molar-refractivity contribution < 1.29 is 9.47 Å². The maximum absolute atomic E-state index is 5.66. The van der Waals surface area contributed by atoms with Crippen molar-refractivity contribution in [3.05, 3.63) is 66.4 Å². The molecule has 0 amide bonds. The summed E-state index contributed by atoms with van der Waals surface area (Å²) in [5, 5.41) is 6.55. The van der Waals surface area contributed by atoms with E-state index in [0.29, 0.717) is 5.95 Å². The van der Waals surface area contributed by atoms with Crippen molar-refractivity contribution >= 4 is 17.5 Å². The van der Waals surface area contributed by atoms with Crippen LogP contribution < -0.4 is 20.1 Å². The normalized spacial score (nSPS) is 10.6. The smallest absolute Gasteiger partial charge is 0.224 e. The van der Waals surface area contributed by atoms with Gasteiger partial charge in [0.2, 0.25) is 5.95 Å². The first-order chi connectivity index (χ1) is 13.6. The molecule has 1 aromatic heterocycles. The molecule has 146 valence electrons. The highest BCUT2D eigenvalue weighted by molar-refractivity contribution is 5.57. The van der Waals surface area contributed by atoms with Crippen LogP contribution in [0.3, 0.4) is 0 Å². The summed E-state index contributed by atoms with van der Waals surface area (Å²) in [5.41, 5.74) is 2.14. The van der Waals surface area contributed by atoms with Gasteiger partial charge >= 0.3 is 0 Å². The fourth-order valence-corrected chi connectivity index (χ4v) is 2.70. The van der Waals surface area contributed by atoms with Crippen LogP contribution >= 0.6 is 0 Å². The van der Waals surface area contributed by atoms with Gasteiger partial charge in [-0.05, 0) is 68.3 Å². The Morgan fingerprint density at radius 2 is 1.82 bits per heavy atom. The molecule has 0 saturated carbocycles. The Bertz CT molecular complexity index is 882. The van der Waals surface area contributed by atoms with Crippen molar-refractivity contribution in [2.24, 2.45) is 0 Å². The monoisotopic (exact) mass is 378 g/mol. The van der Waals surface area contributed by atoms with Gasteiger partial charge in [-0.15, -0.1) is 0 Å². The van der Waals surface area contributed by atoms with Crippen molar-refractivity contribution in [1.29, 1.82) is 0 Å². The summed E-state index contributed by atoms with van der Waals surface area (Å²) < 4.78 is 10.9. The Morgan fingerprint density at radius 1 is 1.00 bits per heavy atom. The van der Waals surface area contributed by atoms with Crippen LogP contribution in [0.1, 0.15) is 19.4 Å². The number of nitrogens with one attached hydrogen (secondary N) is 2. The molecule has 28 heavy (non-hydrogen) atoms. The molecule has 3 aromatic rings. The van der Waals surface area contributed by atoms with E-state index >= 15 is 0 Å². The summed E-state index contributed by atoms with van der Waals surface area (Å²) in [6, 6.07) is 17.7. The van der Waals surface area contributed by atoms with Crippen LogP contribution in [0.5, 0.6) is 11.5 Å². The average molecular weight is 378 g/mol. The summed E-state index contributed by atoms with van der Waals surface area (Å²) in [4.78, 5) is 8.80. The van der Waals surface area contributed by atoms with Gasteiger partial charge in [-0.25, -0.2) is 4.98 Å². The Morgan fingerprint density at radius 3 is 2.57 bits per heavy atom. The zero-order valence-corrected chi connectivity index (χ0v) is 16.5. The Hall–Kier alpha value is -3.28. The molecule has 1 heterocycles. The third kappa shape index (κ3) is 5.87. The SMILES string of the molecule is COc1cccc(CCNc2nccc(Nc3ccc(OC(C)C)cc3)n2)c1. The van der Waals surface area contributed by atoms with E-state index in [2.05, 4.69) is 26.7 Å². The molecule has 0 aliphatic rings. The number of benzene rings is 2. The van der Waals surface area contributed by atoms with Crippen molar-refractivity contribution in [2.75, 3.05) is 24.3 Å². The molecule has 0 unspecified atom stereocenters. The topological polar surface area (TPSA) is 68.3 Å². The minimum Gasteiger partial charge on any atom is -0.497 e. The number of methoxy groups -OCH3 is 1. The molecule has 0 aliphatic carbocycles. The quantitative estimate of drug-likeness (QED) is 0.564. The van der Waals surface area contributed by atoms with Crippen LogP contribution in [0.15, 0.2) is 60.8 Å². The molecule has 2 aromatic carbocycles. The summed E-state index contributed by atoms with van der Waals surface area (Å²) >= 11 is 0. The standard InChI is InChI=1S/C22H26N4O2/c1-16(2)28-19-9-7-18(8-10-19)25-21-12-14-24-22(26-21)23-13-11-17-5-4-6-20(15-17)27-3/h4-10,12,14-16H,11,13H2,1-3H3,(H2,23,24,25,26). The van der Waals surface area contributed by atoms with E-state index < -0.39 is 0 Å². The zero-order chi connectivity index (χ0) is 19.8. The van der Waals surface area contributed by atoms with Gasteiger partial charge in [0, 0.05) is 18.4 Å². The summed E-state index contributed by atoms with van der Waals surface area (Å²) in [7, 11) is 1.68. The number of hydrogen-bond donors (Lipinski definition) is 2. The highest BCUT2D eigenvalue weighted by atomic mass is 16.5. The Kier molecular flexibility index (Phi) is 6.68. The number of nitrogens with zero attached hydrogens (tertiary/aromatic N) is 2. The molecule has 2 N–H and O–H groups in total. The Balaban J connectivity index is 1.54. The molecule has 3 rings (SSSR count). The second kappa shape index (κ2) is 9.60. The third-order valence-corrected chi connectivity index (χ3v) is 3.99. The van der Waals surface area contributed by atoms with Crippen molar-refractivity contribution in [3.63, 3.8) is 0 Å². The molecule has 0 atom stereocenters. The second-order valence-corrected chi connectivity index (χ2v) is 6.61. The first-order valence-corrected chi connectivity index (χ1v) is 9.36. The molecule has 0 saturated heterocycles. The fraction of sp³-hybridized carbons (Fsp3) is 0.273. The van der Waals surface area contributed by atoms with Crippen molar-refractivity contribution in [1.82, 2.24) is 9.97 Å². The number of hydrogen-bond acceptors (Lipinski definition) is 6. The maximum Gasteiger partial charge on any atom is 0.224 e. The third-order valence-electron chi connectivity index (χ3n) is 3.99. The zero-order valence-electron chi connectivity index (χ0n) is 16.5. The summed E-state index contributed by atoms with van der Waals surface area (Å²) in [5.74, 6) is 3.04. The highest BCUT2D eigenvalue weighted by Gasteiger charge is 2.02. The van der Waals surface area contributed by atoms with Crippen molar-refractivity contribution in [2.45, 2.75) is 26.4 Å². The predicted octanol–water partition coefficient (Wildman–Crippen LogP) is 4.67. The minimum atomic E-state index is 0.159. The van der Waals surface area contributed by atoms with Gasteiger partial charge in [-0.1, -0.05) is 12.1 Å². The van der Waals surface area contributed by atoms with Gasteiger partial charge in [0.1, 0.15) is 17.3 Å². The first kappa shape index (κ1) is 19.5. The lowest BCUT2D eigenvalue weighted by Gasteiger charge is -2.11. The van der Waals surface area contributed by atoms with Crippen LogP contribution in [-0.4, -0.2) is 29.7 Å². The molecule has 6 nitrogen and oxygen atoms in total.